The first-order valence-electron chi connectivity index (χ1n) is 11.3. The summed E-state index contributed by atoms with van der Waals surface area (Å²) in [6, 6.07) is 7.72. The smallest absolute Gasteiger partial charge is 0.344 e. The summed E-state index contributed by atoms with van der Waals surface area (Å²) in [6.45, 7) is 5.68. The van der Waals surface area contributed by atoms with E-state index < -0.39 is 28.9 Å². The third-order valence-electron chi connectivity index (χ3n) is 5.48. The molecule has 1 aliphatic heterocycles. The van der Waals surface area contributed by atoms with E-state index >= 15 is 0 Å². The number of carbonyl (C=O) groups excluding carboxylic acids is 3. The number of nitro benzene ring substituents is 1. The van der Waals surface area contributed by atoms with Gasteiger partial charge in [0.05, 0.1) is 29.9 Å². The van der Waals surface area contributed by atoms with Gasteiger partial charge in [-0.15, -0.1) is 0 Å². The Labute approximate surface area is 202 Å². The first-order chi connectivity index (χ1) is 16.7. The van der Waals surface area contributed by atoms with E-state index in [2.05, 4.69) is 10.3 Å². The van der Waals surface area contributed by atoms with Crippen LogP contribution in [0.15, 0.2) is 52.1 Å². The molecule has 0 bridgehead atoms. The number of esters is 1. The second kappa shape index (κ2) is 11.5. The second-order valence-electron chi connectivity index (χ2n) is 8.42. The van der Waals surface area contributed by atoms with Crippen LogP contribution in [0.2, 0.25) is 0 Å². The topological polar surface area (TPSA) is 144 Å². The molecule has 0 radical (unpaired) electrons. The Morgan fingerprint density at radius 3 is 2.71 bits per heavy atom. The van der Waals surface area contributed by atoms with E-state index in [0.29, 0.717) is 18.5 Å². The molecule has 186 valence electrons. The molecule has 1 N–H and O–H groups in total. The van der Waals surface area contributed by atoms with Crippen molar-refractivity contribution in [2.45, 2.75) is 39.3 Å². The first kappa shape index (κ1) is 25.8. The summed E-state index contributed by atoms with van der Waals surface area (Å²) in [7, 11) is 0. The molecule has 2 aromatic rings. The molecule has 11 nitrogen and oxygen atoms in total. The van der Waals surface area contributed by atoms with Gasteiger partial charge in [0.15, 0.2) is 5.76 Å². The number of hydrogen-bond acceptors (Lipinski definition) is 8. The van der Waals surface area contributed by atoms with E-state index in [1.165, 1.54) is 29.4 Å². The van der Waals surface area contributed by atoms with E-state index in [0.717, 1.165) is 0 Å². The van der Waals surface area contributed by atoms with Crippen molar-refractivity contribution in [2.24, 2.45) is 10.9 Å². The van der Waals surface area contributed by atoms with Gasteiger partial charge in [-0.3, -0.25) is 19.7 Å². The van der Waals surface area contributed by atoms with Crippen molar-refractivity contribution in [3.63, 3.8) is 0 Å². The van der Waals surface area contributed by atoms with Gasteiger partial charge in [-0.2, -0.15) is 0 Å². The highest BCUT2D eigenvalue weighted by molar-refractivity contribution is 6.08. The third-order valence-corrected chi connectivity index (χ3v) is 5.48. The van der Waals surface area contributed by atoms with Gasteiger partial charge in [0, 0.05) is 24.4 Å². The number of aliphatic imine (C=N–C) groups is 1. The number of benzene rings is 1. The summed E-state index contributed by atoms with van der Waals surface area (Å²) in [5.41, 5.74) is 0.577. The monoisotopic (exact) mass is 484 g/mol. The molecule has 0 fully saturated rings. The van der Waals surface area contributed by atoms with Gasteiger partial charge >= 0.3 is 12.0 Å². The number of nitro groups is 1. The van der Waals surface area contributed by atoms with Gasteiger partial charge in [0.1, 0.15) is 5.92 Å². The number of hydrogen-bond donors (Lipinski definition) is 1. The van der Waals surface area contributed by atoms with Gasteiger partial charge < -0.3 is 19.4 Å². The lowest BCUT2D eigenvalue weighted by atomic mass is 9.86. The molecule has 2 heterocycles. The number of carbonyl (C=O) groups is 3. The molecule has 0 spiro atoms. The maximum atomic E-state index is 13.0. The van der Waals surface area contributed by atoms with Crippen LogP contribution >= 0.6 is 0 Å². The number of non-ortho nitro benzene ring substituents is 1. The molecule has 0 aliphatic carbocycles. The first-order valence-corrected chi connectivity index (χ1v) is 11.3. The van der Waals surface area contributed by atoms with Gasteiger partial charge in [-0.25, -0.2) is 9.79 Å². The Kier molecular flexibility index (Phi) is 8.48. The molecule has 2 atom stereocenters. The highest BCUT2D eigenvalue weighted by Gasteiger charge is 2.43. The van der Waals surface area contributed by atoms with Crippen LogP contribution in [0, 0.1) is 16.0 Å². The summed E-state index contributed by atoms with van der Waals surface area (Å²) >= 11 is 0. The van der Waals surface area contributed by atoms with Crippen molar-refractivity contribution in [2.75, 3.05) is 19.6 Å². The molecule has 1 aromatic heterocycles. The average Bonchev–Trinajstić information content (AvgIpc) is 3.34. The van der Waals surface area contributed by atoms with Gasteiger partial charge in [-0.05, 0) is 51.4 Å². The Balaban J connectivity index is 1.79. The van der Waals surface area contributed by atoms with E-state index in [9.17, 15) is 24.5 Å². The molecular formula is C24H28N4O7. The van der Waals surface area contributed by atoms with Crippen LogP contribution in [0.5, 0.6) is 0 Å². The fourth-order valence-corrected chi connectivity index (χ4v) is 3.95. The van der Waals surface area contributed by atoms with Crippen molar-refractivity contribution < 1.29 is 28.5 Å². The molecule has 2 unspecified atom stereocenters. The molecule has 1 aliphatic rings. The summed E-state index contributed by atoms with van der Waals surface area (Å²) in [4.78, 5) is 54.2. The molecule has 35 heavy (non-hydrogen) atoms. The van der Waals surface area contributed by atoms with E-state index in [1.54, 1.807) is 39.0 Å². The van der Waals surface area contributed by atoms with E-state index in [1.807, 2.05) is 0 Å². The van der Waals surface area contributed by atoms with Crippen LogP contribution in [-0.2, 0) is 9.53 Å². The standard InChI is InChI=1S/C24H28N4O7/c1-15(2)35-23(30)21-16(3)26-24(31)27(22(21)17-7-4-8-18(13-17)28(32)33)11-6-10-25-14-19(29)20-9-5-12-34-20/h4-5,7-9,12-13,15,21-22,25H,6,10-11,14H2,1-3H3. The lowest BCUT2D eigenvalue weighted by Gasteiger charge is -2.38. The molecule has 2 amide bonds. The summed E-state index contributed by atoms with van der Waals surface area (Å²) in [6.07, 6.45) is 1.48. The third kappa shape index (κ3) is 6.38. The number of ketones is 1. The minimum atomic E-state index is -0.911. The van der Waals surface area contributed by atoms with Crippen molar-refractivity contribution in [1.82, 2.24) is 10.2 Å². The number of nitrogens with one attached hydrogen (secondary N) is 1. The Bertz CT molecular complexity index is 1110. The van der Waals surface area contributed by atoms with Crippen molar-refractivity contribution >= 4 is 29.2 Å². The zero-order valence-electron chi connectivity index (χ0n) is 19.8. The van der Waals surface area contributed by atoms with Crippen LogP contribution in [0.4, 0.5) is 10.5 Å². The van der Waals surface area contributed by atoms with Crippen LogP contribution in [0.3, 0.4) is 0 Å². The number of nitrogens with zero attached hydrogens (tertiary/aromatic N) is 3. The average molecular weight is 485 g/mol. The zero-order valence-corrected chi connectivity index (χ0v) is 19.8. The predicted molar refractivity (Wildman–Crippen MR) is 126 cm³/mol. The highest BCUT2D eigenvalue weighted by Crippen LogP contribution is 2.36. The Morgan fingerprint density at radius 1 is 1.29 bits per heavy atom. The van der Waals surface area contributed by atoms with Crippen LogP contribution in [-0.4, -0.2) is 59.1 Å². The number of Topliss-reactive ketones (excluding diaryl/α,β-unsaturated/α-hetero) is 1. The van der Waals surface area contributed by atoms with Crippen molar-refractivity contribution in [3.8, 4) is 0 Å². The van der Waals surface area contributed by atoms with E-state index in [-0.39, 0.29) is 42.1 Å². The number of furan rings is 1. The van der Waals surface area contributed by atoms with Gasteiger partial charge in [0.2, 0.25) is 5.78 Å². The number of urea groups is 1. The van der Waals surface area contributed by atoms with E-state index in [4.69, 9.17) is 9.15 Å². The molecule has 0 saturated heterocycles. The minimum Gasteiger partial charge on any atom is -0.462 e. The molecule has 0 saturated carbocycles. The normalized spacial score (nSPS) is 17.9. The fourth-order valence-electron chi connectivity index (χ4n) is 3.95. The fraction of sp³-hybridized carbons (Fsp3) is 0.417. The molecular weight excluding hydrogens is 456 g/mol. The van der Waals surface area contributed by atoms with Crippen molar-refractivity contribution in [3.05, 3.63) is 64.1 Å². The maximum Gasteiger partial charge on any atom is 0.344 e. The number of ether oxygens (including phenoxy) is 1. The lowest BCUT2D eigenvalue weighted by Crippen LogP contribution is -2.48. The largest absolute Gasteiger partial charge is 0.462 e. The number of rotatable bonds is 11. The maximum absolute atomic E-state index is 13.0. The summed E-state index contributed by atoms with van der Waals surface area (Å²) in [5.74, 6) is -1.41. The SMILES string of the molecule is CC1=NC(=O)N(CCCNCC(=O)c2ccco2)C(c2cccc([N+](=O)[O-])c2)C1C(=O)OC(C)C. The summed E-state index contributed by atoms with van der Waals surface area (Å²) in [5, 5.41) is 14.4. The second-order valence-corrected chi connectivity index (χ2v) is 8.42. The molecule has 1 aromatic carbocycles. The molecule has 3 rings (SSSR count). The van der Waals surface area contributed by atoms with Gasteiger partial charge in [-0.1, -0.05) is 12.1 Å². The van der Waals surface area contributed by atoms with Gasteiger partial charge in [0.25, 0.3) is 5.69 Å². The summed E-state index contributed by atoms with van der Waals surface area (Å²) < 4.78 is 10.5. The zero-order chi connectivity index (χ0) is 25.5. The minimum absolute atomic E-state index is 0.0658. The molecule has 11 heteroatoms. The van der Waals surface area contributed by atoms with Crippen LogP contribution in [0.1, 0.15) is 49.4 Å². The Hall–Kier alpha value is -3.86. The number of amides is 2. The van der Waals surface area contributed by atoms with Crippen molar-refractivity contribution in [1.29, 1.82) is 0 Å². The highest BCUT2D eigenvalue weighted by atomic mass is 16.6. The van der Waals surface area contributed by atoms with Crippen LogP contribution in [0.25, 0.3) is 0 Å². The lowest BCUT2D eigenvalue weighted by molar-refractivity contribution is -0.385. The van der Waals surface area contributed by atoms with Crippen LogP contribution < -0.4 is 5.32 Å². The quantitative estimate of drug-likeness (QED) is 0.168. The predicted octanol–water partition coefficient (Wildman–Crippen LogP) is 3.56. The Morgan fingerprint density at radius 2 is 2.06 bits per heavy atom.